The number of hydrogen-bond donors (Lipinski definition) is 2. The molecule has 1 saturated heterocycles. The summed E-state index contributed by atoms with van der Waals surface area (Å²) in [7, 11) is -4.38. The van der Waals surface area contributed by atoms with E-state index >= 15 is 0 Å². The SMILES string of the molecule is CCC(=O)O[C@@H]1[C@@H](OC(=O)CC)[C@@H](O)O[C@H](COS(N)(=O)=O)[C@H]1OC(=O)CC. The fourth-order valence-electron chi connectivity index (χ4n) is 2.30. The molecule has 0 aliphatic carbocycles. The number of rotatable bonds is 9. The number of carbonyl (C=O) groups excluding carboxylic acids is 3. The lowest BCUT2D eigenvalue weighted by Crippen LogP contribution is -2.62. The minimum atomic E-state index is -4.38. The van der Waals surface area contributed by atoms with Gasteiger partial charge in [0.15, 0.2) is 24.6 Å². The van der Waals surface area contributed by atoms with Gasteiger partial charge in [-0.2, -0.15) is 8.42 Å². The second-order valence-electron chi connectivity index (χ2n) is 5.77. The van der Waals surface area contributed by atoms with Gasteiger partial charge in [0.05, 0.1) is 6.61 Å². The van der Waals surface area contributed by atoms with E-state index in [1.807, 2.05) is 0 Å². The van der Waals surface area contributed by atoms with Crippen LogP contribution in [0.5, 0.6) is 0 Å². The smallest absolute Gasteiger partial charge is 0.333 e. The van der Waals surface area contributed by atoms with E-state index in [0.717, 1.165) is 0 Å². The molecular formula is C15H25NO11S. The Labute approximate surface area is 162 Å². The summed E-state index contributed by atoms with van der Waals surface area (Å²) in [6.45, 7) is 3.76. The number of ether oxygens (including phenoxy) is 4. The Hall–Kier alpha value is -1.80. The van der Waals surface area contributed by atoms with Gasteiger partial charge < -0.3 is 24.1 Å². The van der Waals surface area contributed by atoms with Crippen LogP contribution in [0.15, 0.2) is 0 Å². The van der Waals surface area contributed by atoms with Gasteiger partial charge in [0.1, 0.15) is 6.10 Å². The molecule has 12 nitrogen and oxygen atoms in total. The van der Waals surface area contributed by atoms with Gasteiger partial charge in [-0.3, -0.25) is 18.6 Å². The van der Waals surface area contributed by atoms with Gasteiger partial charge in [0, 0.05) is 19.3 Å². The van der Waals surface area contributed by atoms with E-state index in [0.29, 0.717) is 0 Å². The zero-order valence-corrected chi connectivity index (χ0v) is 16.5. The molecule has 1 heterocycles. The highest BCUT2D eigenvalue weighted by molar-refractivity contribution is 7.84. The Morgan fingerprint density at radius 2 is 1.32 bits per heavy atom. The third kappa shape index (κ3) is 7.31. The molecule has 1 aliphatic heterocycles. The quantitative estimate of drug-likeness (QED) is 0.337. The molecule has 1 aliphatic rings. The third-order valence-electron chi connectivity index (χ3n) is 3.67. The van der Waals surface area contributed by atoms with Crippen LogP contribution in [0.3, 0.4) is 0 Å². The maximum Gasteiger partial charge on any atom is 0.333 e. The van der Waals surface area contributed by atoms with E-state index in [9.17, 15) is 27.9 Å². The van der Waals surface area contributed by atoms with Crippen LogP contribution in [0.2, 0.25) is 0 Å². The number of aliphatic hydroxyl groups excluding tert-OH is 1. The number of carbonyl (C=O) groups is 3. The molecule has 0 aromatic heterocycles. The largest absolute Gasteiger partial charge is 0.455 e. The first kappa shape index (κ1) is 24.2. The van der Waals surface area contributed by atoms with Crippen LogP contribution in [0.4, 0.5) is 0 Å². The Bertz CT molecular complexity index is 665. The van der Waals surface area contributed by atoms with Crippen LogP contribution in [0.1, 0.15) is 40.0 Å². The Kier molecular flexibility index (Phi) is 9.23. The van der Waals surface area contributed by atoms with Crippen LogP contribution >= 0.6 is 0 Å². The predicted octanol–water partition coefficient (Wildman–Crippen LogP) is -1.11. The molecule has 0 aromatic rings. The molecule has 1 fully saturated rings. The van der Waals surface area contributed by atoms with Crippen LogP contribution in [-0.4, -0.2) is 68.7 Å². The molecule has 162 valence electrons. The van der Waals surface area contributed by atoms with Gasteiger partial charge in [-0.15, -0.1) is 0 Å². The summed E-state index contributed by atoms with van der Waals surface area (Å²) in [6.07, 6.45) is -7.76. The molecule has 1 rings (SSSR count). The molecular weight excluding hydrogens is 402 g/mol. The molecule has 5 atom stereocenters. The molecule has 28 heavy (non-hydrogen) atoms. The van der Waals surface area contributed by atoms with Crippen LogP contribution in [-0.2, 0) is 47.8 Å². The standard InChI is InChI=1S/C15H25NO11S/c1-4-9(17)25-12-8(7-23-28(16,21)22)24-15(20)14(27-11(19)6-3)13(12)26-10(18)5-2/h8,12-15,20H,4-7H2,1-3H3,(H2,16,21,22)/t8-,12-,13+,14-,15+/m1/s1. The second-order valence-corrected chi connectivity index (χ2v) is 6.99. The molecule has 0 bridgehead atoms. The number of aliphatic hydroxyl groups is 1. The van der Waals surface area contributed by atoms with Gasteiger partial charge in [0.25, 0.3) is 0 Å². The molecule has 13 heteroatoms. The normalized spacial score (nSPS) is 27.7. The lowest BCUT2D eigenvalue weighted by atomic mass is 9.98. The van der Waals surface area contributed by atoms with E-state index in [-0.39, 0.29) is 19.3 Å². The Morgan fingerprint density at radius 3 is 1.75 bits per heavy atom. The zero-order valence-electron chi connectivity index (χ0n) is 15.7. The summed E-state index contributed by atoms with van der Waals surface area (Å²) in [5, 5.41) is 15.0. The van der Waals surface area contributed by atoms with Crippen molar-refractivity contribution >= 4 is 28.2 Å². The highest BCUT2D eigenvalue weighted by atomic mass is 32.2. The first-order chi connectivity index (χ1) is 13.0. The first-order valence-electron chi connectivity index (χ1n) is 8.61. The van der Waals surface area contributed by atoms with Crippen molar-refractivity contribution in [1.82, 2.24) is 0 Å². The van der Waals surface area contributed by atoms with E-state index in [1.165, 1.54) is 20.8 Å². The number of hydrogen-bond acceptors (Lipinski definition) is 11. The topological polar surface area (TPSA) is 178 Å². The highest BCUT2D eigenvalue weighted by Gasteiger charge is 2.52. The molecule has 0 unspecified atom stereocenters. The summed E-state index contributed by atoms with van der Waals surface area (Å²) >= 11 is 0. The van der Waals surface area contributed by atoms with Crippen LogP contribution in [0, 0.1) is 0 Å². The minimum absolute atomic E-state index is 0.0466. The van der Waals surface area contributed by atoms with Crippen molar-refractivity contribution < 1.29 is 51.0 Å². The molecule has 0 aromatic carbocycles. The van der Waals surface area contributed by atoms with Crippen molar-refractivity contribution in [2.24, 2.45) is 5.14 Å². The van der Waals surface area contributed by atoms with E-state index in [4.69, 9.17) is 24.1 Å². The van der Waals surface area contributed by atoms with Crippen molar-refractivity contribution in [1.29, 1.82) is 0 Å². The van der Waals surface area contributed by atoms with E-state index in [1.54, 1.807) is 0 Å². The first-order valence-corrected chi connectivity index (χ1v) is 10.1. The highest BCUT2D eigenvalue weighted by Crippen LogP contribution is 2.28. The molecule has 0 radical (unpaired) electrons. The minimum Gasteiger partial charge on any atom is -0.455 e. The number of nitrogens with two attached hydrogens (primary N) is 1. The van der Waals surface area contributed by atoms with Crippen molar-refractivity contribution in [3.05, 3.63) is 0 Å². The molecule has 0 saturated carbocycles. The maximum absolute atomic E-state index is 11.8. The fourth-order valence-corrected chi connectivity index (χ4v) is 2.62. The zero-order chi connectivity index (χ0) is 21.5. The van der Waals surface area contributed by atoms with E-state index < -0.39 is 65.5 Å². The second kappa shape index (κ2) is 10.7. The van der Waals surface area contributed by atoms with Crippen LogP contribution < -0.4 is 5.14 Å². The van der Waals surface area contributed by atoms with Crippen molar-refractivity contribution in [3.63, 3.8) is 0 Å². The summed E-state index contributed by atoms with van der Waals surface area (Å²) in [6, 6.07) is 0. The van der Waals surface area contributed by atoms with Gasteiger partial charge in [-0.1, -0.05) is 20.8 Å². The van der Waals surface area contributed by atoms with Gasteiger partial charge in [-0.05, 0) is 0 Å². The monoisotopic (exact) mass is 427 g/mol. The van der Waals surface area contributed by atoms with Crippen molar-refractivity contribution in [3.8, 4) is 0 Å². The van der Waals surface area contributed by atoms with Gasteiger partial charge in [0.2, 0.25) is 0 Å². The lowest BCUT2D eigenvalue weighted by Gasteiger charge is -2.42. The molecule has 0 amide bonds. The summed E-state index contributed by atoms with van der Waals surface area (Å²) in [4.78, 5) is 35.4. The lowest BCUT2D eigenvalue weighted by molar-refractivity contribution is -0.295. The summed E-state index contributed by atoms with van der Waals surface area (Å²) in [5.74, 6) is -2.20. The van der Waals surface area contributed by atoms with Gasteiger partial charge in [-0.25, -0.2) is 5.14 Å². The van der Waals surface area contributed by atoms with Crippen molar-refractivity contribution in [2.75, 3.05) is 6.61 Å². The molecule has 0 spiro atoms. The predicted molar refractivity (Wildman–Crippen MR) is 90.5 cm³/mol. The van der Waals surface area contributed by atoms with Crippen molar-refractivity contribution in [2.45, 2.75) is 70.7 Å². The average Bonchev–Trinajstić information content (AvgIpc) is 2.63. The summed E-state index contributed by atoms with van der Waals surface area (Å²) < 4.78 is 47.3. The molecule has 3 N–H and O–H groups in total. The Balaban J connectivity index is 3.23. The Morgan fingerprint density at radius 1 is 0.893 bits per heavy atom. The van der Waals surface area contributed by atoms with Crippen LogP contribution in [0.25, 0.3) is 0 Å². The fraction of sp³-hybridized carbons (Fsp3) is 0.800. The summed E-state index contributed by atoms with van der Waals surface area (Å²) in [5.41, 5.74) is 0. The number of esters is 3. The van der Waals surface area contributed by atoms with Gasteiger partial charge >= 0.3 is 28.2 Å². The van der Waals surface area contributed by atoms with E-state index in [2.05, 4.69) is 4.18 Å². The average molecular weight is 427 g/mol. The maximum atomic E-state index is 11.8. The third-order valence-corrected chi connectivity index (χ3v) is 4.14.